The molecule has 1 heterocycles. The predicted octanol–water partition coefficient (Wildman–Crippen LogP) is 2.43. The first-order valence-electron chi connectivity index (χ1n) is 4.95. The molecule has 0 spiro atoms. The standard InChI is InChI=1S/C12H9N5/c1-17-12(10(7-13)8-16-17)15-9-14-11-5-3-2-4-6-11/h2-6,8H,1H3. The van der Waals surface area contributed by atoms with Crippen LogP contribution in [-0.2, 0) is 7.05 Å². The maximum atomic E-state index is 8.83. The highest BCUT2D eigenvalue weighted by Gasteiger charge is 2.04. The number of rotatable bonds is 2. The lowest BCUT2D eigenvalue weighted by Crippen LogP contribution is -1.87. The van der Waals surface area contributed by atoms with E-state index in [2.05, 4.69) is 21.1 Å². The number of nitriles is 1. The first-order valence-corrected chi connectivity index (χ1v) is 4.95. The van der Waals surface area contributed by atoms with Crippen molar-refractivity contribution in [1.82, 2.24) is 9.78 Å². The maximum Gasteiger partial charge on any atom is 0.179 e. The summed E-state index contributed by atoms with van der Waals surface area (Å²) in [4.78, 5) is 8.02. The minimum absolute atomic E-state index is 0.406. The van der Waals surface area contributed by atoms with E-state index in [0.29, 0.717) is 11.4 Å². The molecule has 0 saturated heterocycles. The Morgan fingerprint density at radius 3 is 2.71 bits per heavy atom. The second-order valence-corrected chi connectivity index (χ2v) is 3.28. The monoisotopic (exact) mass is 223 g/mol. The molecular weight excluding hydrogens is 214 g/mol. The van der Waals surface area contributed by atoms with Crippen molar-refractivity contribution in [2.45, 2.75) is 0 Å². The van der Waals surface area contributed by atoms with Crippen LogP contribution in [-0.4, -0.2) is 15.8 Å². The first kappa shape index (κ1) is 10.8. The van der Waals surface area contributed by atoms with Crippen LogP contribution in [0.3, 0.4) is 0 Å². The van der Waals surface area contributed by atoms with Gasteiger partial charge in [0.15, 0.2) is 5.82 Å². The van der Waals surface area contributed by atoms with Crippen LogP contribution < -0.4 is 0 Å². The number of nitrogens with zero attached hydrogens (tertiary/aromatic N) is 5. The lowest BCUT2D eigenvalue weighted by molar-refractivity contribution is 0.771. The van der Waals surface area contributed by atoms with Gasteiger partial charge in [0.1, 0.15) is 17.6 Å². The molecule has 5 heteroatoms. The quantitative estimate of drug-likeness (QED) is 0.734. The van der Waals surface area contributed by atoms with Gasteiger partial charge in [0, 0.05) is 7.05 Å². The molecule has 0 aliphatic heterocycles. The minimum atomic E-state index is 0.406. The number of hydrogen-bond donors (Lipinski definition) is 0. The lowest BCUT2D eigenvalue weighted by atomic mass is 10.3. The highest BCUT2D eigenvalue weighted by atomic mass is 15.3. The predicted molar refractivity (Wildman–Crippen MR) is 63.5 cm³/mol. The van der Waals surface area contributed by atoms with Crippen LogP contribution in [0.4, 0.5) is 11.5 Å². The molecule has 0 fully saturated rings. The molecule has 0 aliphatic carbocycles. The third-order valence-corrected chi connectivity index (χ3v) is 2.12. The zero-order valence-corrected chi connectivity index (χ0v) is 9.20. The van der Waals surface area contributed by atoms with Crippen molar-refractivity contribution in [2.24, 2.45) is 17.0 Å². The van der Waals surface area contributed by atoms with E-state index in [9.17, 15) is 0 Å². The molecule has 0 amide bonds. The molecule has 1 aromatic carbocycles. The van der Waals surface area contributed by atoms with E-state index in [4.69, 9.17) is 5.26 Å². The highest BCUT2D eigenvalue weighted by Crippen LogP contribution is 2.15. The fourth-order valence-electron chi connectivity index (χ4n) is 1.28. The van der Waals surface area contributed by atoms with Crippen molar-refractivity contribution in [3.05, 3.63) is 42.1 Å². The van der Waals surface area contributed by atoms with Crippen LogP contribution in [0.5, 0.6) is 0 Å². The second-order valence-electron chi connectivity index (χ2n) is 3.28. The van der Waals surface area contributed by atoms with Gasteiger partial charge in [-0.2, -0.15) is 20.3 Å². The average molecular weight is 223 g/mol. The molecule has 17 heavy (non-hydrogen) atoms. The fourth-order valence-corrected chi connectivity index (χ4v) is 1.28. The van der Waals surface area contributed by atoms with E-state index in [1.54, 1.807) is 7.05 Å². The Hall–Kier alpha value is -2.70. The van der Waals surface area contributed by atoms with Gasteiger partial charge in [0.2, 0.25) is 0 Å². The Morgan fingerprint density at radius 1 is 1.24 bits per heavy atom. The summed E-state index contributed by atoms with van der Waals surface area (Å²) in [6.07, 6.45) is 1.46. The van der Waals surface area contributed by atoms with Crippen LogP contribution >= 0.6 is 0 Å². The smallest absolute Gasteiger partial charge is 0.179 e. The van der Waals surface area contributed by atoms with Gasteiger partial charge in [-0.05, 0) is 12.1 Å². The number of aliphatic imine (C=N–C) groups is 2. The minimum Gasteiger partial charge on any atom is -0.249 e. The van der Waals surface area contributed by atoms with Crippen LogP contribution in [0, 0.1) is 11.3 Å². The number of para-hydroxylation sites is 1. The number of aromatic nitrogens is 2. The molecule has 2 aromatic rings. The third kappa shape index (κ3) is 2.46. The van der Waals surface area contributed by atoms with Gasteiger partial charge < -0.3 is 0 Å². The summed E-state index contributed by atoms with van der Waals surface area (Å²) in [5.74, 6) is 0.451. The van der Waals surface area contributed by atoms with Crippen LogP contribution in [0.2, 0.25) is 0 Å². The molecule has 82 valence electrons. The van der Waals surface area contributed by atoms with E-state index in [0.717, 1.165) is 5.69 Å². The van der Waals surface area contributed by atoms with Gasteiger partial charge in [-0.15, -0.1) is 0 Å². The zero-order valence-electron chi connectivity index (χ0n) is 9.20. The Kier molecular flexibility index (Phi) is 3.10. The van der Waals surface area contributed by atoms with Crippen molar-refractivity contribution in [2.75, 3.05) is 0 Å². The van der Waals surface area contributed by atoms with Gasteiger partial charge in [-0.1, -0.05) is 18.2 Å². The molecule has 0 saturated carbocycles. The van der Waals surface area contributed by atoms with Crippen molar-refractivity contribution < 1.29 is 0 Å². The molecule has 1 aromatic heterocycles. The summed E-state index contributed by atoms with van der Waals surface area (Å²) in [7, 11) is 1.71. The summed E-state index contributed by atoms with van der Waals surface area (Å²) in [5.41, 5.74) is 1.17. The topological polar surface area (TPSA) is 66.3 Å². The molecule has 0 aliphatic rings. The van der Waals surface area contributed by atoms with Crippen LogP contribution in [0.1, 0.15) is 5.56 Å². The normalized spacial score (nSPS) is 9.18. The van der Waals surface area contributed by atoms with Crippen molar-refractivity contribution in [3.63, 3.8) is 0 Å². The van der Waals surface area contributed by atoms with Crippen molar-refractivity contribution in [1.29, 1.82) is 5.26 Å². The average Bonchev–Trinajstić information content (AvgIpc) is 2.72. The summed E-state index contributed by atoms with van der Waals surface area (Å²) in [5, 5.41) is 12.8. The third-order valence-electron chi connectivity index (χ3n) is 2.12. The summed E-state index contributed by atoms with van der Waals surface area (Å²) < 4.78 is 1.51. The van der Waals surface area contributed by atoms with E-state index in [1.807, 2.05) is 36.4 Å². The van der Waals surface area contributed by atoms with Crippen LogP contribution in [0.15, 0.2) is 46.5 Å². The number of aryl methyl sites for hydroxylation is 1. The molecular formula is C12H9N5. The van der Waals surface area contributed by atoms with Gasteiger partial charge in [0.05, 0.1) is 11.9 Å². The van der Waals surface area contributed by atoms with Gasteiger partial charge in [-0.25, -0.2) is 4.68 Å². The Balaban J connectivity index is 2.30. The van der Waals surface area contributed by atoms with Gasteiger partial charge in [-0.3, -0.25) is 0 Å². The zero-order chi connectivity index (χ0) is 12.1. The fraction of sp³-hybridized carbons (Fsp3) is 0.0833. The highest BCUT2D eigenvalue weighted by molar-refractivity contribution is 5.59. The number of benzene rings is 1. The lowest BCUT2D eigenvalue weighted by Gasteiger charge is -1.90. The number of hydrogen-bond acceptors (Lipinski definition) is 4. The van der Waals surface area contributed by atoms with Crippen LogP contribution in [0.25, 0.3) is 0 Å². The molecule has 5 nitrogen and oxygen atoms in total. The molecule has 0 radical (unpaired) electrons. The van der Waals surface area contributed by atoms with Gasteiger partial charge >= 0.3 is 0 Å². The van der Waals surface area contributed by atoms with E-state index < -0.39 is 0 Å². The molecule has 0 atom stereocenters. The van der Waals surface area contributed by atoms with E-state index in [-0.39, 0.29) is 0 Å². The summed E-state index contributed by atoms with van der Waals surface area (Å²) in [6.45, 7) is 0. The maximum absolute atomic E-state index is 8.83. The van der Waals surface area contributed by atoms with E-state index >= 15 is 0 Å². The summed E-state index contributed by atoms with van der Waals surface area (Å²) >= 11 is 0. The Morgan fingerprint density at radius 2 is 2.00 bits per heavy atom. The molecule has 2 rings (SSSR count). The molecule has 0 unspecified atom stereocenters. The Bertz CT molecular complexity index is 612. The summed E-state index contributed by atoms with van der Waals surface area (Å²) in [6, 6.07) is 13.9. The first-order chi connectivity index (χ1) is 8.31. The second kappa shape index (κ2) is 4.88. The van der Waals surface area contributed by atoms with Crippen molar-refractivity contribution >= 4 is 17.5 Å². The SMILES string of the molecule is Cn1ncc(C#N)c1N=C=Nc1ccccc1. The molecule has 0 bridgehead atoms. The largest absolute Gasteiger partial charge is 0.249 e. The Labute approximate surface area is 98.4 Å². The van der Waals surface area contributed by atoms with Gasteiger partial charge in [0.25, 0.3) is 0 Å². The van der Waals surface area contributed by atoms with Crippen molar-refractivity contribution in [3.8, 4) is 6.07 Å². The molecule has 0 N–H and O–H groups in total. The van der Waals surface area contributed by atoms with E-state index in [1.165, 1.54) is 10.9 Å².